The molecule has 226 valence electrons. The van der Waals surface area contributed by atoms with E-state index < -0.39 is 36.2 Å². The van der Waals surface area contributed by atoms with Gasteiger partial charge in [0.2, 0.25) is 0 Å². The maximum Gasteiger partial charge on any atom is 0.416 e. The molecule has 2 aromatic carbocycles. The van der Waals surface area contributed by atoms with Gasteiger partial charge >= 0.3 is 12.8 Å². The Morgan fingerprint density at radius 1 is 1.02 bits per heavy atom. The standard InChI is InChI=1S/C30H32F5N3O4/c1-2-38(37-22-11-13-23(14-12-22)41-29(31)32)28(40)24(17-19-7-4-3-5-8-19)36-27(39)26-16-15-25(42-26)20-9-6-10-21(18-20)30(33,34)35/h6,9-16,18-19,24,29,37H,2-5,7-8,17H2,1H3,(H,36,39)/t24-/m0/s1. The van der Waals surface area contributed by atoms with Gasteiger partial charge < -0.3 is 14.5 Å². The number of benzene rings is 2. The molecule has 0 bridgehead atoms. The topological polar surface area (TPSA) is 83.8 Å². The van der Waals surface area contributed by atoms with Gasteiger partial charge in [0.15, 0.2) is 5.76 Å². The van der Waals surface area contributed by atoms with Gasteiger partial charge in [-0.2, -0.15) is 22.0 Å². The summed E-state index contributed by atoms with van der Waals surface area (Å²) in [5.41, 5.74) is 2.72. The molecular weight excluding hydrogens is 561 g/mol. The Labute approximate surface area is 240 Å². The number of hydrazine groups is 1. The highest BCUT2D eigenvalue weighted by atomic mass is 19.4. The molecule has 1 fully saturated rings. The number of ether oxygens (including phenoxy) is 1. The van der Waals surface area contributed by atoms with E-state index in [1.54, 1.807) is 6.92 Å². The van der Waals surface area contributed by atoms with Crippen molar-refractivity contribution < 1.29 is 40.7 Å². The van der Waals surface area contributed by atoms with Crippen molar-refractivity contribution in [1.82, 2.24) is 10.3 Å². The van der Waals surface area contributed by atoms with Crippen LogP contribution in [0.4, 0.5) is 27.6 Å². The number of rotatable bonds is 11. The van der Waals surface area contributed by atoms with Crippen molar-refractivity contribution >= 4 is 17.5 Å². The summed E-state index contributed by atoms with van der Waals surface area (Å²) in [6, 6.07) is 12.1. The number of furan rings is 1. The summed E-state index contributed by atoms with van der Waals surface area (Å²) in [5, 5.41) is 4.09. The van der Waals surface area contributed by atoms with E-state index in [-0.39, 0.29) is 35.3 Å². The minimum Gasteiger partial charge on any atom is -0.451 e. The molecule has 0 spiro atoms. The highest BCUT2D eigenvalue weighted by molar-refractivity contribution is 5.96. The second kappa shape index (κ2) is 13.7. The van der Waals surface area contributed by atoms with Crippen LogP contribution in [0.2, 0.25) is 0 Å². The monoisotopic (exact) mass is 593 g/mol. The molecule has 1 aromatic heterocycles. The summed E-state index contributed by atoms with van der Waals surface area (Å²) in [7, 11) is 0. The molecule has 0 radical (unpaired) electrons. The molecule has 7 nitrogen and oxygen atoms in total. The van der Waals surface area contributed by atoms with Crippen LogP contribution in [0.1, 0.15) is 61.6 Å². The SMILES string of the molecule is CCN(Nc1ccc(OC(F)F)cc1)C(=O)[C@H](CC1CCCCC1)NC(=O)c1ccc(-c2cccc(C(F)(F)F)c2)o1. The Kier molecular flexibility index (Phi) is 10.1. The Morgan fingerprint density at radius 2 is 1.74 bits per heavy atom. The van der Waals surface area contributed by atoms with E-state index in [1.165, 1.54) is 53.5 Å². The summed E-state index contributed by atoms with van der Waals surface area (Å²) in [4.78, 5) is 26.9. The van der Waals surface area contributed by atoms with Gasteiger partial charge in [-0.15, -0.1) is 0 Å². The maximum absolute atomic E-state index is 13.7. The van der Waals surface area contributed by atoms with Crippen LogP contribution in [0.3, 0.4) is 0 Å². The van der Waals surface area contributed by atoms with Crippen LogP contribution < -0.4 is 15.5 Å². The minimum atomic E-state index is -4.53. The van der Waals surface area contributed by atoms with Crippen molar-refractivity contribution in [3.63, 3.8) is 0 Å². The predicted molar refractivity (Wildman–Crippen MR) is 146 cm³/mol. The zero-order chi connectivity index (χ0) is 30.3. The van der Waals surface area contributed by atoms with Crippen LogP contribution in [-0.2, 0) is 11.0 Å². The lowest BCUT2D eigenvalue weighted by Gasteiger charge is -2.31. The fourth-order valence-corrected chi connectivity index (χ4v) is 5.02. The van der Waals surface area contributed by atoms with E-state index in [0.717, 1.165) is 44.2 Å². The number of hydrogen-bond acceptors (Lipinski definition) is 5. The van der Waals surface area contributed by atoms with Crippen LogP contribution >= 0.6 is 0 Å². The molecule has 2 amide bonds. The molecule has 4 rings (SSSR count). The number of nitrogens with zero attached hydrogens (tertiary/aromatic N) is 1. The second-order valence-corrected chi connectivity index (χ2v) is 10.1. The molecule has 1 aliphatic carbocycles. The fraction of sp³-hybridized carbons (Fsp3) is 0.400. The molecule has 42 heavy (non-hydrogen) atoms. The first kappa shape index (κ1) is 30.9. The lowest BCUT2D eigenvalue weighted by atomic mass is 9.84. The van der Waals surface area contributed by atoms with Gasteiger partial charge in [-0.05, 0) is 67.8 Å². The van der Waals surface area contributed by atoms with Crippen molar-refractivity contribution in [1.29, 1.82) is 0 Å². The summed E-state index contributed by atoms with van der Waals surface area (Å²) < 4.78 is 74.4. The van der Waals surface area contributed by atoms with Gasteiger partial charge in [-0.25, -0.2) is 0 Å². The van der Waals surface area contributed by atoms with Crippen LogP contribution in [0, 0.1) is 5.92 Å². The third-order valence-electron chi connectivity index (χ3n) is 7.13. The van der Waals surface area contributed by atoms with Gasteiger partial charge in [-0.1, -0.05) is 44.2 Å². The summed E-state index contributed by atoms with van der Waals surface area (Å²) in [5.74, 6) is -0.960. The van der Waals surface area contributed by atoms with Gasteiger partial charge in [-0.3, -0.25) is 20.0 Å². The first-order valence-corrected chi connectivity index (χ1v) is 13.7. The smallest absolute Gasteiger partial charge is 0.416 e. The molecular formula is C30H32F5N3O4. The van der Waals surface area contributed by atoms with Crippen molar-refractivity contribution in [3.8, 4) is 17.1 Å². The molecule has 0 unspecified atom stereocenters. The highest BCUT2D eigenvalue weighted by Gasteiger charge is 2.32. The largest absolute Gasteiger partial charge is 0.451 e. The number of hydrogen-bond donors (Lipinski definition) is 2. The average molecular weight is 594 g/mol. The van der Waals surface area contributed by atoms with Crippen LogP contribution in [0.5, 0.6) is 5.75 Å². The number of amides is 2. The average Bonchev–Trinajstić information content (AvgIpc) is 3.47. The number of carbonyl (C=O) groups is 2. The zero-order valence-electron chi connectivity index (χ0n) is 22.9. The lowest BCUT2D eigenvalue weighted by molar-refractivity contribution is -0.137. The van der Waals surface area contributed by atoms with E-state index in [0.29, 0.717) is 12.1 Å². The van der Waals surface area contributed by atoms with Crippen molar-refractivity contribution in [3.05, 3.63) is 72.0 Å². The number of alkyl halides is 5. The fourth-order valence-electron chi connectivity index (χ4n) is 5.02. The normalized spacial score (nSPS) is 14.8. The molecule has 0 saturated heterocycles. The third kappa shape index (κ3) is 8.23. The van der Waals surface area contributed by atoms with E-state index in [2.05, 4.69) is 15.5 Å². The molecule has 3 aromatic rings. The van der Waals surface area contributed by atoms with Gasteiger partial charge in [0.05, 0.1) is 11.3 Å². The molecule has 1 atom stereocenters. The Hall–Kier alpha value is -4.09. The van der Waals surface area contributed by atoms with E-state index in [1.807, 2.05) is 0 Å². The molecule has 2 N–H and O–H groups in total. The number of halogens is 5. The summed E-state index contributed by atoms with van der Waals surface area (Å²) in [6.07, 6.45) is 0.875. The molecule has 1 aliphatic rings. The Bertz CT molecular complexity index is 1340. The highest BCUT2D eigenvalue weighted by Crippen LogP contribution is 2.33. The van der Waals surface area contributed by atoms with Crippen molar-refractivity contribution in [2.45, 2.75) is 64.3 Å². The van der Waals surface area contributed by atoms with Crippen molar-refractivity contribution in [2.24, 2.45) is 5.92 Å². The summed E-state index contributed by atoms with van der Waals surface area (Å²) >= 11 is 0. The Balaban J connectivity index is 1.50. The van der Waals surface area contributed by atoms with Crippen LogP contribution in [0.15, 0.2) is 65.1 Å². The molecule has 12 heteroatoms. The summed E-state index contributed by atoms with van der Waals surface area (Å²) in [6.45, 7) is -0.991. The zero-order valence-corrected chi connectivity index (χ0v) is 22.9. The lowest BCUT2D eigenvalue weighted by Crippen LogP contribution is -2.51. The van der Waals surface area contributed by atoms with E-state index in [4.69, 9.17) is 4.42 Å². The molecule has 0 aliphatic heterocycles. The molecule has 1 heterocycles. The minimum absolute atomic E-state index is 0.0321. The predicted octanol–water partition coefficient (Wildman–Crippen LogP) is 7.51. The van der Waals surface area contributed by atoms with E-state index in [9.17, 15) is 31.5 Å². The van der Waals surface area contributed by atoms with Gasteiger partial charge in [0, 0.05) is 12.1 Å². The maximum atomic E-state index is 13.7. The number of nitrogens with one attached hydrogen (secondary N) is 2. The third-order valence-corrected chi connectivity index (χ3v) is 7.13. The first-order valence-electron chi connectivity index (χ1n) is 13.7. The Morgan fingerprint density at radius 3 is 2.38 bits per heavy atom. The number of anilines is 1. The van der Waals surface area contributed by atoms with Crippen molar-refractivity contribution in [2.75, 3.05) is 12.0 Å². The second-order valence-electron chi connectivity index (χ2n) is 10.1. The van der Waals surface area contributed by atoms with Crippen LogP contribution in [0.25, 0.3) is 11.3 Å². The van der Waals surface area contributed by atoms with Gasteiger partial charge in [0.25, 0.3) is 11.8 Å². The van der Waals surface area contributed by atoms with Gasteiger partial charge in [0.1, 0.15) is 17.6 Å². The van der Waals surface area contributed by atoms with Crippen LogP contribution in [-0.4, -0.2) is 36.0 Å². The number of likely N-dealkylation sites (N-methyl/N-ethyl adjacent to an activating group) is 1. The van der Waals surface area contributed by atoms with E-state index >= 15 is 0 Å². The molecule has 1 saturated carbocycles. The first-order chi connectivity index (χ1) is 20.0. The quantitative estimate of drug-likeness (QED) is 0.178. The number of carbonyl (C=O) groups excluding carboxylic acids is 2.